The van der Waals surface area contributed by atoms with Gasteiger partial charge in [0, 0.05) is 26.9 Å². The van der Waals surface area contributed by atoms with Gasteiger partial charge in [0.15, 0.2) is 0 Å². The maximum atomic E-state index is 13.6. The van der Waals surface area contributed by atoms with Crippen molar-refractivity contribution in [2.45, 2.75) is 27.7 Å². The first-order chi connectivity index (χ1) is 19.2. The van der Waals surface area contributed by atoms with Gasteiger partial charge in [-0.05, 0) is 110 Å². The summed E-state index contributed by atoms with van der Waals surface area (Å²) in [6, 6.07) is 19.6. The van der Waals surface area contributed by atoms with E-state index in [1.54, 1.807) is 27.2 Å². The van der Waals surface area contributed by atoms with Crippen molar-refractivity contribution in [3.63, 3.8) is 0 Å². The van der Waals surface area contributed by atoms with Gasteiger partial charge in [0.25, 0.3) is 0 Å². The van der Waals surface area contributed by atoms with Crippen LogP contribution in [-0.2, 0) is 0 Å². The first-order valence-electron chi connectivity index (χ1n) is 12.6. The van der Waals surface area contributed by atoms with Crippen LogP contribution in [0.1, 0.15) is 22.3 Å². The van der Waals surface area contributed by atoms with E-state index in [-0.39, 0.29) is 5.82 Å². The van der Waals surface area contributed by atoms with Crippen LogP contribution in [0.25, 0.3) is 42.7 Å². The average molecular weight is 591 g/mol. The van der Waals surface area contributed by atoms with Gasteiger partial charge in [0.2, 0.25) is 0 Å². The molecular weight excluding hydrogens is 563 g/mol. The van der Waals surface area contributed by atoms with Gasteiger partial charge < -0.3 is 9.47 Å². The van der Waals surface area contributed by atoms with Crippen molar-refractivity contribution in [2.75, 3.05) is 14.2 Å². The Bertz CT molecular complexity index is 1730. The number of hydrogen-bond acceptors (Lipinski definition) is 6. The second-order valence-corrected chi connectivity index (χ2v) is 11.7. The van der Waals surface area contributed by atoms with Crippen LogP contribution in [0.2, 0.25) is 5.02 Å². The molecule has 0 aliphatic carbocycles. The van der Waals surface area contributed by atoms with Gasteiger partial charge >= 0.3 is 0 Å². The fourth-order valence-electron chi connectivity index (χ4n) is 4.54. The Morgan fingerprint density at radius 3 is 1.62 bits per heavy atom. The lowest BCUT2D eigenvalue weighted by Gasteiger charge is -2.08. The molecule has 0 fully saturated rings. The summed E-state index contributed by atoms with van der Waals surface area (Å²) < 4.78 is 35.6. The van der Waals surface area contributed by atoms with E-state index in [1.165, 1.54) is 28.6 Å². The predicted molar refractivity (Wildman–Crippen MR) is 167 cm³/mol. The van der Waals surface area contributed by atoms with E-state index in [0.29, 0.717) is 5.56 Å². The first-order valence-corrected chi connectivity index (χ1v) is 14.5. The first kappa shape index (κ1) is 28.0. The van der Waals surface area contributed by atoms with E-state index in [2.05, 4.69) is 27.8 Å². The van der Waals surface area contributed by atoms with Crippen molar-refractivity contribution < 1.29 is 13.9 Å². The number of rotatable bonds is 4. The van der Waals surface area contributed by atoms with E-state index in [4.69, 9.17) is 21.1 Å². The molecule has 4 nitrogen and oxygen atoms in total. The standard InChI is InChI=1S/C16H14ClNOS.C16H14FNOS/c2*1-9-4-5-14(19-3)11(6-9)16-12-7-10(2)13(17)8-15(12)20-18-16/h2*4-8H,1-3H3. The molecule has 0 amide bonds. The van der Waals surface area contributed by atoms with Crippen LogP contribution in [0, 0.1) is 33.5 Å². The minimum Gasteiger partial charge on any atom is -0.496 e. The number of nitrogens with zero attached hydrogens (tertiary/aromatic N) is 2. The summed E-state index contributed by atoms with van der Waals surface area (Å²) in [4.78, 5) is 0. The third kappa shape index (κ3) is 5.42. The van der Waals surface area contributed by atoms with Crippen molar-refractivity contribution in [1.29, 1.82) is 0 Å². The molecule has 204 valence electrons. The Kier molecular flexibility index (Phi) is 8.08. The number of aromatic nitrogens is 2. The van der Waals surface area contributed by atoms with E-state index in [0.717, 1.165) is 70.3 Å². The Morgan fingerprint density at radius 2 is 1.12 bits per heavy atom. The molecule has 6 aromatic rings. The molecule has 0 bridgehead atoms. The second-order valence-electron chi connectivity index (χ2n) is 9.66. The zero-order chi connectivity index (χ0) is 28.6. The molecular formula is C32H28ClFN2O2S2. The number of benzene rings is 4. The average Bonchev–Trinajstić information content (AvgIpc) is 3.53. The van der Waals surface area contributed by atoms with Crippen molar-refractivity contribution in [3.8, 4) is 34.0 Å². The lowest BCUT2D eigenvalue weighted by atomic mass is 10.0. The second kappa shape index (κ2) is 11.5. The highest BCUT2D eigenvalue weighted by atomic mass is 35.5. The van der Waals surface area contributed by atoms with Crippen molar-refractivity contribution in [2.24, 2.45) is 0 Å². The van der Waals surface area contributed by atoms with Gasteiger partial charge in [-0.1, -0.05) is 34.9 Å². The third-order valence-electron chi connectivity index (χ3n) is 6.72. The largest absolute Gasteiger partial charge is 0.496 e. The molecule has 0 saturated heterocycles. The van der Waals surface area contributed by atoms with Gasteiger partial charge in [-0.2, -0.15) is 8.75 Å². The molecule has 0 atom stereocenters. The van der Waals surface area contributed by atoms with Gasteiger partial charge in [-0.3, -0.25) is 0 Å². The number of methoxy groups -OCH3 is 2. The van der Waals surface area contributed by atoms with Crippen LogP contribution >= 0.6 is 34.7 Å². The minimum absolute atomic E-state index is 0.191. The SMILES string of the molecule is COc1ccc(C)cc1-c1nsc2cc(Cl)c(C)cc12.COc1ccc(C)cc1-c1nsc2cc(F)c(C)cc12. The molecule has 2 aromatic heterocycles. The van der Waals surface area contributed by atoms with E-state index < -0.39 is 0 Å². The number of ether oxygens (including phenoxy) is 2. The van der Waals surface area contributed by atoms with Crippen LogP contribution in [-0.4, -0.2) is 23.0 Å². The summed E-state index contributed by atoms with van der Waals surface area (Å²) in [5, 5.41) is 2.88. The summed E-state index contributed by atoms with van der Waals surface area (Å²) >= 11 is 8.96. The summed E-state index contributed by atoms with van der Waals surface area (Å²) in [7, 11) is 3.33. The molecule has 0 unspecified atom stereocenters. The molecule has 0 aliphatic rings. The van der Waals surface area contributed by atoms with E-state index >= 15 is 0 Å². The van der Waals surface area contributed by atoms with Gasteiger partial charge in [-0.25, -0.2) is 4.39 Å². The van der Waals surface area contributed by atoms with Crippen molar-refractivity contribution in [3.05, 3.63) is 93.8 Å². The summed E-state index contributed by atoms with van der Waals surface area (Å²) in [6.45, 7) is 7.88. The molecule has 0 aliphatic heterocycles. The van der Waals surface area contributed by atoms with Gasteiger partial charge in [-0.15, -0.1) is 0 Å². The number of aryl methyl sites for hydroxylation is 4. The predicted octanol–water partition coefficient (Wildman–Crippen LogP) is 9.97. The normalized spacial score (nSPS) is 11.0. The van der Waals surface area contributed by atoms with E-state index in [9.17, 15) is 4.39 Å². The van der Waals surface area contributed by atoms with Gasteiger partial charge in [0.05, 0.1) is 35.0 Å². The lowest BCUT2D eigenvalue weighted by molar-refractivity contribution is 0.416. The van der Waals surface area contributed by atoms with Crippen LogP contribution in [0.5, 0.6) is 11.5 Å². The highest BCUT2D eigenvalue weighted by molar-refractivity contribution is 7.14. The van der Waals surface area contributed by atoms with Crippen molar-refractivity contribution in [1.82, 2.24) is 8.75 Å². The number of fused-ring (bicyclic) bond motifs is 2. The number of hydrogen-bond donors (Lipinski definition) is 0. The molecule has 4 aromatic carbocycles. The highest BCUT2D eigenvalue weighted by Crippen LogP contribution is 2.39. The molecule has 0 radical (unpaired) electrons. The van der Waals surface area contributed by atoms with Crippen LogP contribution in [0.15, 0.2) is 60.7 Å². The summed E-state index contributed by atoms with van der Waals surface area (Å²) in [5.74, 6) is 1.43. The van der Waals surface area contributed by atoms with Gasteiger partial charge in [0.1, 0.15) is 17.3 Å². The zero-order valence-electron chi connectivity index (χ0n) is 23.1. The monoisotopic (exact) mass is 590 g/mol. The molecule has 6 rings (SSSR count). The smallest absolute Gasteiger partial charge is 0.128 e. The molecule has 0 N–H and O–H groups in total. The fourth-order valence-corrected chi connectivity index (χ4v) is 6.37. The molecule has 8 heteroatoms. The van der Waals surface area contributed by atoms with Crippen LogP contribution < -0.4 is 9.47 Å². The molecule has 0 spiro atoms. The van der Waals surface area contributed by atoms with Crippen molar-refractivity contribution >= 4 is 54.8 Å². The fraction of sp³-hybridized carbons (Fsp3) is 0.188. The Morgan fingerprint density at radius 1 is 0.650 bits per heavy atom. The summed E-state index contributed by atoms with van der Waals surface area (Å²) in [5.41, 5.74) is 7.82. The minimum atomic E-state index is -0.191. The Hall–Kier alpha value is -3.52. The number of halogens is 2. The van der Waals surface area contributed by atoms with E-state index in [1.807, 2.05) is 56.3 Å². The zero-order valence-corrected chi connectivity index (χ0v) is 25.4. The van der Waals surface area contributed by atoms with Crippen LogP contribution in [0.3, 0.4) is 0 Å². The molecule has 40 heavy (non-hydrogen) atoms. The quantitative estimate of drug-likeness (QED) is 0.205. The topological polar surface area (TPSA) is 44.2 Å². The molecule has 2 heterocycles. The van der Waals surface area contributed by atoms with Crippen LogP contribution in [0.4, 0.5) is 4.39 Å². The highest BCUT2D eigenvalue weighted by Gasteiger charge is 2.16. The third-order valence-corrected chi connectivity index (χ3v) is 8.75. The maximum absolute atomic E-state index is 13.6. The molecule has 0 saturated carbocycles. The Balaban J connectivity index is 0.000000161. The Labute approximate surface area is 246 Å². The lowest BCUT2D eigenvalue weighted by Crippen LogP contribution is -1.89. The maximum Gasteiger partial charge on any atom is 0.128 e. The summed E-state index contributed by atoms with van der Waals surface area (Å²) in [6.07, 6.45) is 0.